The van der Waals surface area contributed by atoms with Gasteiger partial charge in [-0.3, -0.25) is 4.79 Å². The standard InChI is InChI=1S/C13H15BrO2/c14-11-5-3-10(4-6-11)13(9-12(15)16)7-1-2-8-13/h3-6H,1-2,7-9H2,(H,15,16). The number of carboxylic acids is 1. The van der Waals surface area contributed by atoms with Crippen molar-refractivity contribution in [1.29, 1.82) is 0 Å². The summed E-state index contributed by atoms with van der Waals surface area (Å²) in [7, 11) is 0. The van der Waals surface area contributed by atoms with Crippen LogP contribution in [0.2, 0.25) is 0 Å². The zero-order valence-electron chi connectivity index (χ0n) is 9.08. The molecule has 0 atom stereocenters. The molecule has 0 aromatic heterocycles. The molecule has 86 valence electrons. The monoisotopic (exact) mass is 282 g/mol. The molecule has 1 aliphatic rings. The van der Waals surface area contributed by atoms with Crippen molar-refractivity contribution in [3.8, 4) is 0 Å². The van der Waals surface area contributed by atoms with Crippen LogP contribution in [-0.2, 0) is 10.2 Å². The third-order valence-electron chi connectivity index (χ3n) is 3.51. The lowest BCUT2D eigenvalue weighted by atomic mass is 9.76. The van der Waals surface area contributed by atoms with Crippen molar-refractivity contribution < 1.29 is 9.90 Å². The molecule has 0 aliphatic heterocycles. The molecule has 1 aromatic rings. The van der Waals surface area contributed by atoms with Crippen molar-refractivity contribution in [1.82, 2.24) is 0 Å². The van der Waals surface area contributed by atoms with Gasteiger partial charge in [0.25, 0.3) is 0 Å². The molecule has 0 amide bonds. The number of hydrogen-bond acceptors (Lipinski definition) is 1. The summed E-state index contributed by atoms with van der Waals surface area (Å²) in [6, 6.07) is 8.10. The molecule has 2 rings (SSSR count). The highest BCUT2D eigenvalue weighted by Crippen LogP contribution is 2.44. The van der Waals surface area contributed by atoms with Gasteiger partial charge in [-0.25, -0.2) is 0 Å². The fraction of sp³-hybridized carbons (Fsp3) is 0.462. The summed E-state index contributed by atoms with van der Waals surface area (Å²) in [6.07, 6.45) is 4.54. The Labute approximate surface area is 104 Å². The van der Waals surface area contributed by atoms with Crippen molar-refractivity contribution in [2.45, 2.75) is 37.5 Å². The fourth-order valence-electron chi connectivity index (χ4n) is 2.71. The summed E-state index contributed by atoms with van der Waals surface area (Å²) < 4.78 is 1.04. The molecular formula is C13H15BrO2. The summed E-state index contributed by atoms with van der Waals surface area (Å²) in [5.41, 5.74) is 1.06. The number of benzene rings is 1. The van der Waals surface area contributed by atoms with E-state index < -0.39 is 5.97 Å². The van der Waals surface area contributed by atoms with Crippen LogP contribution in [0.15, 0.2) is 28.7 Å². The maximum atomic E-state index is 11.0. The van der Waals surface area contributed by atoms with Crippen LogP contribution < -0.4 is 0 Å². The Morgan fingerprint density at radius 1 is 1.25 bits per heavy atom. The minimum absolute atomic E-state index is 0.119. The number of aliphatic carboxylic acids is 1. The molecule has 1 aliphatic carbocycles. The minimum atomic E-state index is -0.690. The summed E-state index contributed by atoms with van der Waals surface area (Å²) >= 11 is 3.41. The molecule has 16 heavy (non-hydrogen) atoms. The van der Waals surface area contributed by atoms with Gasteiger partial charge >= 0.3 is 5.97 Å². The molecule has 0 heterocycles. The van der Waals surface area contributed by atoms with Crippen LogP contribution in [-0.4, -0.2) is 11.1 Å². The predicted octanol–water partition coefficient (Wildman–Crippen LogP) is 3.74. The quantitative estimate of drug-likeness (QED) is 0.917. The predicted molar refractivity (Wildman–Crippen MR) is 66.5 cm³/mol. The lowest BCUT2D eigenvalue weighted by molar-refractivity contribution is -0.138. The van der Waals surface area contributed by atoms with Crippen molar-refractivity contribution in [3.63, 3.8) is 0 Å². The molecule has 3 heteroatoms. The molecule has 0 saturated heterocycles. The van der Waals surface area contributed by atoms with Crippen LogP contribution in [0, 0.1) is 0 Å². The second-order valence-electron chi connectivity index (χ2n) is 4.56. The second-order valence-corrected chi connectivity index (χ2v) is 5.48. The molecule has 0 spiro atoms. The van der Waals surface area contributed by atoms with Crippen LogP contribution >= 0.6 is 15.9 Å². The van der Waals surface area contributed by atoms with Gasteiger partial charge in [-0.05, 0) is 30.5 Å². The number of hydrogen-bond donors (Lipinski definition) is 1. The van der Waals surface area contributed by atoms with E-state index >= 15 is 0 Å². The first-order chi connectivity index (χ1) is 7.62. The number of carboxylic acid groups (broad SMARTS) is 1. The third kappa shape index (κ3) is 2.29. The van der Waals surface area contributed by atoms with Crippen LogP contribution in [0.3, 0.4) is 0 Å². The normalized spacial score (nSPS) is 18.6. The van der Waals surface area contributed by atoms with Crippen LogP contribution in [0.4, 0.5) is 0 Å². The van der Waals surface area contributed by atoms with Gasteiger partial charge < -0.3 is 5.11 Å². The summed E-state index contributed by atoms with van der Waals surface area (Å²) in [6.45, 7) is 0. The zero-order chi connectivity index (χ0) is 11.6. The highest BCUT2D eigenvalue weighted by Gasteiger charge is 2.37. The van der Waals surface area contributed by atoms with Gasteiger partial charge in [0.15, 0.2) is 0 Å². The lowest BCUT2D eigenvalue weighted by Gasteiger charge is -2.27. The molecule has 0 radical (unpaired) electrons. The molecule has 2 nitrogen and oxygen atoms in total. The zero-order valence-corrected chi connectivity index (χ0v) is 10.7. The van der Waals surface area contributed by atoms with Crippen molar-refractivity contribution in [2.75, 3.05) is 0 Å². The SMILES string of the molecule is O=C(O)CC1(c2ccc(Br)cc2)CCCC1. The van der Waals surface area contributed by atoms with Crippen molar-refractivity contribution in [3.05, 3.63) is 34.3 Å². The van der Waals surface area contributed by atoms with Gasteiger partial charge in [-0.2, -0.15) is 0 Å². The van der Waals surface area contributed by atoms with Gasteiger partial charge in [0.1, 0.15) is 0 Å². The molecule has 1 saturated carbocycles. The average molecular weight is 283 g/mol. The van der Waals surface area contributed by atoms with Gasteiger partial charge in [0.2, 0.25) is 0 Å². The average Bonchev–Trinajstić information content (AvgIpc) is 2.67. The Morgan fingerprint density at radius 3 is 2.31 bits per heavy atom. The molecular weight excluding hydrogens is 268 g/mol. The lowest BCUT2D eigenvalue weighted by Crippen LogP contribution is -2.25. The summed E-state index contributed by atoms with van der Waals surface area (Å²) in [4.78, 5) is 11.0. The molecule has 0 unspecified atom stereocenters. The number of halogens is 1. The number of rotatable bonds is 3. The van der Waals surface area contributed by atoms with E-state index in [-0.39, 0.29) is 11.8 Å². The second kappa shape index (κ2) is 4.58. The first kappa shape index (κ1) is 11.6. The first-order valence-corrected chi connectivity index (χ1v) is 6.40. The molecule has 1 fully saturated rings. The number of carbonyl (C=O) groups is 1. The van der Waals surface area contributed by atoms with Crippen LogP contribution in [0.25, 0.3) is 0 Å². The highest BCUT2D eigenvalue weighted by atomic mass is 79.9. The minimum Gasteiger partial charge on any atom is -0.481 e. The third-order valence-corrected chi connectivity index (χ3v) is 4.04. The van der Waals surface area contributed by atoms with E-state index in [1.807, 2.05) is 12.1 Å². The van der Waals surface area contributed by atoms with Gasteiger partial charge in [-0.1, -0.05) is 40.9 Å². The molecule has 1 aromatic carbocycles. The Morgan fingerprint density at radius 2 is 1.81 bits per heavy atom. The fourth-order valence-corrected chi connectivity index (χ4v) is 2.98. The smallest absolute Gasteiger partial charge is 0.304 e. The van der Waals surface area contributed by atoms with E-state index in [9.17, 15) is 4.79 Å². The topological polar surface area (TPSA) is 37.3 Å². The summed E-state index contributed by atoms with van der Waals surface area (Å²) in [5.74, 6) is -0.690. The molecule has 1 N–H and O–H groups in total. The van der Waals surface area contributed by atoms with E-state index in [1.54, 1.807) is 0 Å². The van der Waals surface area contributed by atoms with E-state index in [4.69, 9.17) is 5.11 Å². The van der Waals surface area contributed by atoms with E-state index in [2.05, 4.69) is 28.1 Å². The Kier molecular flexibility index (Phi) is 3.33. The first-order valence-electron chi connectivity index (χ1n) is 5.60. The van der Waals surface area contributed by atoms with E-state index in [0.29, 0.717) is 0 Å². The van der Waals surface area contributed by atoms with Crippen molar-refractivity contribution >= 4 is 21.9 Å². The Balaban J connectivity index is 2.31. The largest absolute Gasteiger partial charge is 0.481 e. The van der Waals surface area contributed by atoms with Crippen LogP contribution in [0.1, 0.15) is 37.7 Å². The van der Waals surface area contributed by atoms with Gasteiger partial charge in [0.05, 0.1) is 6.42 Å². The highest BCUT2D eigenvalue weighted by molar-refractivity contribution is 9.10. The van der Waals surface area contributed by atoms with Crippen molar-refractivity contribution in [2.24, 2.45) is 0 Å². The maximum Gasteiger partial charge on any atom is 0.304 e. The Bertz CT molecular complexity index is 377. The van der Waals surface area contributed by atoms with Crippen LogP contribution in [0.5, 0.6) is 0 Å². The maximum absolute atomic E-state index is 11.0. The van der Waals surface area contributed by atoms with Gasteiger partial charge in [0, 0.05) is 9.89 Å². The van der Waals surface area contributed by atoms with Gasteiger partial charge in [-0.15, -0.1) is 0 Å². The van der Waals surface area contributed by atoms with E-state index in [0.717, 1.165) is 30.2 Å². The molecule has 0 bridgehead atoms. The Hall–Kier alpha value is -0.830. The van der Waals surface area contributed by atoms with E-state index in [1.165, 1.54) is 5.56 Å². The summed E-state index contributed by atoms with van der Waals surface area (Å²) in [5, 5.41) is 9.05.